The number of carbonyl (C=O) groups is 4. The average Bonchev–Trinajstić information content (AvgIpc) is 3.06. The summed E-state index contributed by atoms with van der Waals surface area (Å²) in [7, 11) is 1.55. The number of nitrogens with zero attached hydrogens (tertiary/aromatic N) is 1. The van der Waals surface area contributed by atoms with Gasteiger partial charge in [0, 0.05) is 32.1 Å². The smallest absolute Gasteiger partial charge is 0.255 e. The Morgan fingerprint density at radius 2 is 1.63 bits per heavy atom. The molecule has 0 aliphatic carbocycles. The van der Waals surface area contributed by atoms with Gasteiger partial charge in [-0.2, -0.15) is 0 Å². The summed E-state index contributed by atoms with van der Waals surface area (Å²) in [5, 5.41) is 5.48. The number of anilines is 1. The lowest BCUT2D eigenvalue weighted by molar-refractivity contribution is -0.139. The second-order valence-electron chi connectivity index (χ2n) is 6.82. The van der Waals surface area contributed by atoms with Crippen molar-refractivity contribution in [2.24, 2.45) is 0 Å². The number of nitrogens with one attached hydrogen (secondary N) is 2. The van der Waals surface area contributed by atoms with Crippen molar-refractivity contribution in [1.29, 1.82) is 0 Å². The molecule has 3 rings (SSSR count). The molecule has 1 heterocycles. The third-order valence-corrected chi connectivity index (χ3v) is 4.72. The van der Waals surface area contributed by atoms with Gasteiger partial charge in [-0.05, 0) is 29.8 Å². The van der Waals surface area contributed by atoms with Crippen LogP contribution in [-0.2, 0) is 20.9 Å². The first kappa shape index (κ1) is 21.2. The molecule has 2 aromatic carbocycles. The van der Waals surface area contributed by atoms with Gasteiger partial charge in [-0.25, -0.2) is 0 Å². The lowest BCUT2D eigenvalue weighted by Crippen LogP contribution is -2.28. The second-order valence-corrected chi connectivity index (χ2v) is 6.82. The monoisotopic (exact) mass is 409 g/mol. The minimum Gasteiger partial charge on any atom is -0.383 e. The molecule has 30 heavy (non-hydrogen) atoms. The molecule has 1 saturated heterocycles. The van der Waals surface area contributed by atoms with Crippen LogP contribution < -0.4 is 10.6 Å². The van der Waals surface area contributed by atoms with Crippen molar-refractivity contribution in [3.63, 3.8) is 0 Å². The fourth-order valence-corrected chi connectivity index (χ4v) is 3.09. The van der Waals surface area contributed by atoms with Gasteiger partial charge in [0.2, 0.25) is 11.8 Å². The van der Waals surface area contributed by atoms with Gasteiger partial charge in [0.15, 0.2) is 0 Å². The van der Waals surface area contributed by atoms with Gasteiger partial charge in [-0.1, -0.05) is 24.3 Å². The normalized spacial score (nSPS) is 13.4. The fraction of sp³-hybridized carbons (Fsp3) is 0.273. The number of ether oxygens (including phenoxy) is 1. The van der Waals surface area contributed by atoms with E-state index in [-0.39, 0.29) is 43.0 Å². The van der Waals surface area contributed by atoms with Crippen molar-refractivity contribution in [3.8, 4) is 0 Å². The van der Waals surface area contributed by atoms with Crippen molar-refractivity contribution in [2.45, 2.75) is 19.4 Å². The molecule has 2 N–H and O–H groups in total. The second kappa shape index (κ2) is 9.80. The molecule has 4 amide bonds. The zero-order chi connectivity index (χ0) is 21.5. The topological polar surface area (TPSA) is 105 Å². The summed E-state index contributed by atoms with van der Waals surface area (Å²) in [6.45, 7) is 0.951. The van der Waals surface area contributed by atoms with Crippen molar-refractivity contribution in [3.05, 3.63) is 65.2 Å². The van der Waals surface area contributed by atoms with E-state index in [1.54, 1.807) is 55.6 Å². The number of benzene rings is 2. The molecule has 0 aromatic heterocycles. The van der Waals surface area contributed by atoms with Gasteiger partial charge in [0.05, 0.1) is 24.4 Å². The van der Waals surface area contributed by atoms with Crippen LogP contribution in [0, 0.1) is 0 Å². The molecular formula is C22H23N3O5. The predicted octanol–water partition coefficient (Wildman–Crippen LogP) is 1.96. The van der Waals surface area contributed by atoms with Crippen LogP contribution in [-0.4, -0.2) is 48.8 Å². The quantitative estimate of drug-likeness (QED) is 0.512. The highest BCUT2D eigenvalue weighted by Crippen LogP contribution is 2.18. The minimum atomic E-state index is -0.369. The summed E-state index contributed by atoms with van der Waals surface area (Å²) in [5.74, 6) is -1.03. The Morgan fingerprint density at radius 1 is 0.967 bits per heavy atom. The molecule has 1 fully saturated rings. The van der Waals surface area contributed by atoms with E-state index in [9.17, 15) is 19.2 Å². The summed E-state index contributed by atoms with van der Waals surface area (Å²) in [6.07, 6.45) is 0.496. The van der Waals surface area contributed by atoms with Gasteiger partial charge in [0.25, 0.3) is 11.8 Å². The highest BCUT2D eigenvalue weighted by molar-refractivity contribution is 6.09. The first-order valence-electron chi connectivity index (χ1n) is 9.59. The lowest BCUT2D eigenvalue weighted by Gasteiger charge is -2.14. The zero-order valence-corrected chi connectivity index (χ0v) is 16.6. The Balaban J connectivity index is 1.66. The third-order valence-electron chi connectivity index (χ3n) is 4.72. The molecule has 8 nitrogen and oxygen atoms in total. The van der Waals surface area contributed by atoms with Crippen molar-refractivity contribution < 1.29 is 23.9 Å². The van der Waals surface area contributed by atoms with Crippen molar-refractivity contribution >= 4 is 29.3 Å². The molecule has 1 aliphatic heterocycles. The highest BCUT2D eigenvalue weighted by Gasteiger charge is 2.28. The van der Waals surface area contributed by atoms with Crippen LogP contribution in [0.2, 0.25) is 0 Å². The average molecular weight is 409 g/mol. The molecule has 0 unspecified atom stereocenters. The zero-order valence-electron chi connectivity index (χ0n) is 16.6. The summed E-state index contributed by atoms with van der Waals surface area (Å²) in [4.78, 5) is 49.7. The van der Waals surface area contributed by atoms with E-state index in [2.05, 4.69) is 10.6 Å². The van der Waals surface area contributed by atoms with Crippen LogP contribution in [0.5, 0.6) is 0 Å². The third kappa shape index (κ3) is 5.09. The Kier molecular flexibility index (Phi) is 6.92. The minimum absolute atomic E-state index is 0.179. The number of likely N-dealkylation sites (tertiary alicyclic amines) is 1. The van der Waals surface area contributed by atoms with Gasteiger partial charge >= 0.3 is 0 Å². The van der Waals surface area contributed by atoms with Gasteiger partial charge in [0.1, 0.15) is 0 Å². The maximum atomic E-state index is 12.6. The summed E-state index contributed by atoms with van der Waals surface area (Å²) >= 11 is 0. The van der Waals surface area contributed by atoms with Crippen LogP contribution in [0.15, 0.2) is 48.5 Å². The molecule has 0 spiro atoms. The number of imide groups is 1. The van der Waals surface area contributed by atoms with E-state index >= 15 is 0 Å². The van der Waals surface area contributed by atoms with E-state index in [0.717, 1.165) is 5.56 Å². The Bertz CT molecular complexity index is 940. The standard InChI is InChI=1S/C22H23N3O5/c1-30-13-12-23-22(29)17-4-2-3-5-18(17)24-21(28)16-8-6-15(7-9-16)14-25-19(26)10-11-20(25)27/h2-9H,10-14H2,1H3,(H,23,29)(H,24,28). The SMILES string of the molecule is COCCNC(=O)c1ccccc1NC(=O)c1ccc(CN2C(=O)CCC2=O)cc1. The first-order valence-corrected chi connectivity index (χ1v) is 9.59. The van der Waals surface area contributed by atoms with Crippen LogP contribution in [0.4, 0.5) is 5.69 Å². The van der Waals surface area contributed by atoms with Crippen molar-refractivity contribution in [2.75, 3.05) is 25.6 Å². The Labute approximate surface area is 174 Å². The molecule has 2 aromatic rings. The maximum Gasteiger partial charge on any atom is 0.255 e. The molecule has 0 saturated carbocycles. The first-order chi connectivity index (χ1) is 14.5. The Morgan fingerprint density at radius 3 is 2.30 bits per heavy atom. The number of hydrogen-bond acceptors (Lipinski definition) is 5. The molecule has 156 valence electrons. The van der Waals surface area contributed by atoms with Crippen LogP contribution >= 0.6 is 0 Å². The van der Waals surface area contributed by atoms with Crippen LogP contribution in [0.25, 0.3) is 0 Å². The van der Waals surface area contributed by atoms with E-state index in [4.69, 9.17) is 4.74 Å². The highest BCUT2D eigenvalue weighted by atomic mass is 16.5. The number of para-hydroxylation sites is 1. The maximum absolute atomic E-state index is 12.6. The summed E-state index contributed by atoms with van der Waals surface area (Å²) < 4.78 is 4.92. The molecular weight excluding hydrogens is 386 g/mol. The van der Waals surface area contributed by atoms with E-state index in [1.807, 2.05) is 0 Å². The van der Waals surface area contributed by atoms with E-state index in [1.165, 1.54) is 4.90 Å². The van der Waals surface area contributed by atoms with Crippen molar-refractivity contribution in [1.82, 2.24) is 10.2 Å². The largest absolute Gasteiger partial charge is 0.383 e. The number of amides is 4. The lowest BCUT2D eigenvalue weighted by atomic mass is 10.1. The van der Waals surface area contributed by atoms with Gasteiger partial charge in [-0.15, -0.1) is 0 Å². The molecule has 8 heteroatoms. The summed E-state index contributed by atoms with van der Waals surface area (Å²) in [6, 6.07) is 13.4. The number of hydrogen-bond donors (Lipinski definition) is 2. The number of rotatable bonds is 8. The Hall–Kier alpha value is -3.52. The van der Waals surface area contributed by atoms with Gasteiger partial charge in [-0.3, -0.25) is 24.1 Å². The van der Waals surface area contributed by atoms with E-state index < -0.39 is 0 Å². The summed E-state index contributed by atoms with van der Waals surface area (Å²) in [5.41, 5.74) is 1.90. The fourth-order valence-electron chi connectivity index (χ4n) is 3.09. The van der Waals surface area contributed by atoms with Gasteiger partial charge < -0.3 is 15.4 Å². The van der Waals surface area contributed by atoms with Crippen LogP contribution in [0.3, 0.4) is 0 Å². The molecule has 1 aliphatic rings. The molecule has 0 radical (unpaired) electrons. The van der Waals surface area contributed by atoms with Crippen LogP contribution in [0.1, 0.15) is 39.1 Å². The number of carbonyl (C=O) groups excluding carboxylic acids is 4. The van der Waals surface area contributed by atoms with E-state index in [0.29, 0.717) is 30.0 Å². The number of methoxy groups -OCH3 is 1. The predicted molar refractivity (Wildman–Crippen MR) is 110 cm³/mol. The molecule has 0 bridgehead atoms. The molecule has 0 atom stereocenters.